The van der Waals surface area contributed by atoms with Crippen molar-refractivity contribution < 1.29 is 4.79 Å². The first-order valence-electron chi connectivity index (χ1n) is 3.62. The zero-order valence-electron chi connectivity index (χ0n) is 6.61. The molecule has 62 valence electrons. The van der Waals surface area contributed by atoms with Crippen molar-refractivity contribution in [3.8, 4) is 0 Å². The molecule has 11 heavy (non-hydrogen) atoms. The molecule has 1 fully saturated rings. The van der Waals surface area contributed by atoms with Gasteiger partial charge in [-0.05, 0) is 0 Å². The molecular formula is C8H12ClNO. The first kappa shape index (κ1) is 8.75. The Morgan fingerprint density at radius 3 is 2.55 bits per heavy atom. The van der Waals surface area contributed by atoms with E-state index in [1.807, 2.05) is 6.92 Å². The van der Waals surface area contributed by atoms with Crippen LogP contribution in [0.2, 0.25) is 0 Å². The minimum atomic E-state index is -0.183. The molecule has 1 saturated heterocycles. The molecule has 0 aromatic heterocycles. The van der Waals surface area contributed by atoms with Gasteiger partial charge in [0.2, 0.25) is 0 Å². The van der Waals surface area contributed by atoms with Crippen LogP contribution in [0.3, 0.4) is 0 Å². The zero-order valence-corrected chi connectivity index (χ0v) is 7.37. The Labute approximate surface area is 71.6 Å². The number of ketones is 1. The standard InChI is InChI=1S/C8H12ClNO/c1-6(9)3-7(11)8(2)4-10-5-8/h10H,1,3-5H2,2H3. The highest BCUT2D eigenvalue weighted by Gasteiger charge is 2.38. The quantitative estimate of drug-likeness (QED) is 0.698. The molecule has 0 unspecified atom stereocenters. The van der Waals surface area contributed by atoms with Gasteiger partial charge in [-0.3, -0.25) is 4.79 Å². The molecule has 0 aromatic rings. The van der Waals surface area contributed by atoms with Gasteiger partial charge >= 0.3 is 0 Å². The molecule has 0 aliphatic carbocycles. The third kappa shape index (κ3) is 1.82. The van der Waals surface area contributed by atoms with Crippen LogP contribution in [0.1, 0.15) is 13.3 Å². The van der Waals surface area contributed by atoms with Gasteiger partial charge in [0.15, 0.2) is 0 Å². The molecule has 0 saturated carbocycles. The van der Waals surface area contributed by atoms with E-state index in [0.717, 1.165) is 13.1 Å². The van der Waals surface area contributed by atoms with Crippen molar-refractivity contribution in [3.05, 3.63) is 11.6 Å². The Hall–Kier alpha value is -0.340. The number of carbonyl (C=O) groups is 1. The molecule has 2 nitrogen and oxygen atoms in total. The number of hydrogen-bond donors (Lipinski definition) is 1. The Morgan fingerprint density at radius 2 is 2.27 bits per heavy atom. The fraction of sp³-hybridized carbons (Fsp3) is 0.625. The van der Waals surface area contributed by atoms with Crippen molar-refractivity contribution in [2.75, 3.05) is 13.1 Å². The highest BCUT2D eigenvalue weighted by Crippen LogP contribution is 2.26. The summed E-state index contributed by atoms with van der Waals surface area (Å²) >= 11 is 5.52. The normalized spacial score (nSPS) is 20.5. The maximum Gasteiger partial charge on any atom is 0.146 e. The summed E-state index contributed by atoms with van der Waals surface area (Å²) in [6.45, 7) is 6.99. The molecular weight excluding hydrogens is 162 g/mol. The largest absolute Gasteiger partial charge is 0.315 e. The van der Waals surface area contributed by atoms with Gasteiger partial charge in [-0.1, -0.05) is 25.1 Å². The molecule has 0 radical (unpaired) electrons. The van der Waals surface area contributed by atoms with Crippen LogP contribution in [-0.2, 0) is 4.79 Å². The van der Waals surface area contributed by atoms with Crippen LogP contribution in [0.5, 0.6) is 0 Å². The monoisotopic (exact) mass is 173 g/mol. The van der Waals surface area contributed by atoms with Crippen LogP contribution in [0.15, 0.2) is 11.6 Å². The van der Waals surface area contributed by atoms with E-state index in [9.17, 15) is 4.79 Å². The molecule has 1 aliphatic rings. The third-order valence-corrected chi connectivity index (χ3v) is 2.19. The lowest BCUT2D eigenvalue weighted by molar-refractivity contribution is -0.129. The molecule has 3 heteroatoms. The molecule has 0 amide bonds. The first-order chi connectivity index (χ1) is 5.04. The topological polar surface area (TPSA) is 29.1 Å². The van der Waals surface area contributed by atoms with Crippen molar-refractivity contribution in [1.82, 2.24) is 5.32 Å². The lowest BCUT2D eigenvalue weighted by atomic mass is 9.78. The average Bonchev–Trinajstić information content (AvgIpc) is 1.81. The number of hydrogen-bond acceptors (Lipinski definition) is 2. The van der Waals surface area contributed by atoms with Crippen LogP contribution in [0.25, 0.3) is 0 Å². The van der Waals surface area contributed by atoms with E-state index < -0.39 is 0 Å². The number of allylic oxidation sites excluding steroid dienone is 1. The number of carbonyl (C=O) groups excluding carboxylic acids is 1. The van der Waals surface area contributed by atoms with E-state index >= 15 is 0 Å². The van der Waals surface area contributed by atoms with Crippen LogP contribution >= 0.6 is 11.6 Å². The second-order valence-corrected chi connectivity index (χ2v) is 3.82. The fourth-order valence-electron chi connectivity index (χ4n) is 1.08. The van der Waals surface area contributed by atoms with Crippen LogP contribution in [0.4, 0.5) is 0 Å². The van der Waals surface area contributed by atoms with E-state index in [4.69, 9.17) is 11.6 Å². The second kappa shape index (κ2) is 2.95. The fourth-order valence-corrected chi connectivity index (χ4v) is 1.21. The van der Waals surface area contributed by atoms with Crippen LogP contribution in [-0.4, -0.2) is 18.9 Å². The van der Waals surface area contributed by atoms with Gasteiger partial charge in [0.05, 0.1) is 5.41 Å². The summed E-state index contributed by atoms with van der Waals surface area (Å²) in [6.07, 6.45) is 0.305. The maximum atomic E-state index is 11.4. The minimum absolute atomic E-state index is 0.183. The smallest absolute Gasteiger partial charge is 0.146 e. The average molecular weight is 174 g/mol. The SMILES string of the molecule is C=C(Cl)CC(=O)C1(C)CNC1. The Morgan fingerprint density at radius 1 is 1.73 bits per heavy atom. The number of halogens is 1. The van der Waals surface area contributed by atoms with E-state index in [1.165, 1.54) is 0 Å². The predicted molar refractivity (Wildman–Crippen MR) is 45.6 cm³/mol. The lowest BCUT2D eigenvalue weighted by Gasteiger charge is -2.37. The summed E-state index contributed by atoms with van der Waals surface area (Å²) in [5.74, 6) is 0.191. The number of Topliss-reactive ketones (excluding diaryl/α,β-unsaturated/α-hetero) is 1. The van der Waals surface area contributed by atoms with E-state index in [0.29, 0.717) is 11.5 Å². The molecule has 1 rings (SSSR count). The summed E-state index contributed by atoms with van der Waals surface area (Å²) in [5.41, 5.74) is -0.183. The van der Waals surface area contributed by atoms with Crippen LogP contribution in [0, 0.1) is 5.41 Å². The van der Waals surface area contributed by atoms with Gasteiger partial charge in [-0.25, -0.2) is 0 Å². The first-order valence-corrected chi connectivity index (χ1v) is 4.00. The number of nitrogens with one attached hydrogen (secondary N) is 1. The Kier molecular flexibility index (Phi) is 2.35. The Balaban J connectivity index is 2.47. The molecule has 0 spiro atoms. The molecule has 1 heterocycles. The van der Waals surface area contributed by atoms with Gasteiger partial charge in [-0.15, -0.1) is 0 Å². The molecule has 1 N–H and O–H groups in total. The summed E-state index contributed by atoms with van der Waals surface area (Å²) in [4.78, 5) is 11.4. The van der Waals surface area contributed by atoms with Gasteiger partial charge < -0.3 is 5.32 Å². The summed E-state index contributed by atoms with van der Waals surface area (Å²) < 4.78 is 0. The third-order valence-electron chi connectivity index (χ3n) is 2.06. The lowest BCUT2D eigenvalue weighted by Crippen LogP contribution is -2.56. The zero-order chi connectivity index (χ0) is 8.48. The van der Waals surface area contributed by atoms with E-state index in [2.05, 4.69) is 11.9 Å². The van der Waals surface area contributed by atoms with E-state index in [-0.39, 0.29) is 11.2 Å². The highest BCUT2D eigenvalue weighted by molar-refractivity contribution is 6.30. The van der Waals surface area contributed by atoms with Gasteiger partial charge in [-0.2, -0.15) is 0 Å². The summed E-state index contributed by atoms with van der Waals surface area (Å²) in [6, 6.07) is 0. The summed E-state index contributed by atoms with van der Waals surface area (Å²) in [7, 11) is 0. The number of rotatable bonds is 3. The van der Waals surface area contributed by atoms with Gasteiger partial charge in [0.1, 0.15) is 5.78 Å². The molecule has 0 atom stereocenters. The van der Waals surface area contributed by atoms with Crippen molar-refractivity contribution in [1.29, 1.82) is 0 Å². The molecule has 1 aliphatic heterocycles. The van der Waals surface area contributed by atoms with Crippen molar-refractivity contribution in [3.63, 3.8) is 0 Å². The molecule has 0 aromatic carbocycles. The van der Waals surface area contributed by atoms with Crippen molar-refractivity contribution >= 4 is 17.4 Å². The van der Waals surface area contributed by atoms with Crippen molar-refractivity contribution in [2.24, 2.45) is 5.41 Å². The van der Waals surface area contributed by atoms with E-state index in [1.54, 1.807) is 0 Å². The maximum absolute atomic E-state index is 11.4. The molecule has 0 bridgehead atoms. The van der Waals surface area contributed by atoms with Gasteiger partial charge in [0.25, 0.3) is 0 Å². The minimum Gasteiger partial charge on any atom is -0.315 e. The second-order valence-electron chi connectivity index (χ2n) is 3.28. The summed E-state index contributed by atoms with van der Waals surface area (Å²) in [5, 5.41) is 3.50. The van der Waals surface area contributed by atoms with Gasteiger partial charge in [0, 0.05) is 24.5 Å². The Bertz CT molecular complexity index is 196. The predicted octanol–water partition coefficient (Wildman–Crippen LogP) is 1.31. The van der Waals surface area contributed by atoms with Crippen LogP contribution < -0.4 is 5.32 Å². The highest BCUT2D eigenvalue weighted by atomic mass is 35.5. The van der Waals surface area contributed by atoms with Crippen molar-refractivity contribution in [2.45, 2.75) is 13.3 Å².